The maximum Gasteiger partial charge on any atom is 0.253 e. The highest BCUT2D eigenvalue weighted by Gasteiger charge is 2.23. The average Bonchev–Trinajstić information content (AvgIpc) is 2.83. The predicted molar refractivity (Wildman–Crippen MR) is 137 cm³/mol. The molecule has 9 heteroatoms. The van der Waals surface area contributed by atoms with Crippen molar-refractivity contribution in [1.82, 2.24) is 0 Å². The van der Waals surface area contributed by atoms with E-state index in [1.54, 1.807) is 33.0 Å². The number of amides is 1. The molecule has 1 aromatic heterocycles. The van der Waals surface area contributed by atoms with Crippen LogP contribution in [-0.4, -0.2) is 19.2 Å². The van der Waals surface area contributed by atoms with Crippen LogP contribution in [0.15, 0.2) is 44.7 Å². The highest BCUT2D eigenvalue weighted by atomic mass is 19.2. The van der Waals surface area contributed by atoms with Gasteiger partial charge in [0, 0.05) is 30.6 Å². The number of aliphatic imine (C=N–C) groups is 1. The molecule has 5 N–H and O–H groups in total. The first kappa shape index (κ1) is 27.2. The summed E-state index contributed by atoms with van der Waals surface area (Å²) in [5.41, 5.74) is 12.6. The second kappa shape index (κ2) is 11.4. The molecule has 0 saturated carbocycles. The first-order valence-corrected chi connectivity index (χ1v) is 11.1. The van der Waals surface area contributed by atoms with E-state index < -0.39 is 29.1 Å². The van der Waals surface area contributed by atoms with Crippen molar-refractivity contribution in [3.63, 3.8) is 0 Å². The Hall–Kier alpha value is -4.01. The van der Waals surface area contributed by atoms with Crippen LogP contribution in [-0.2, 0) is 0 Å². The smallest absolute Gasteiger partial charge is 0.253 e. The minimum Gasteiger partial charge on any atom is -0.455 e. The van der Waals surface area contributed by atoms with E-state index in [0.29, 0.717) is 27.7 Å². The van der Waals surface area contributed by atoms with Crippen LogP contribution in [0.4, 0.5) is 14.5 Å². The molecule has 0 aliphatic rings. The van der Waals surface area contributed by atoms with Gasteiger partial charge in [0.15, 0.2) is 17.1 Å². The highest BCUT2D eigenvalue weighted by Crippen LogP contribution is 2.32. The monoisotopic (exact) mass is 484 g/mol. The van der Waals surface area contributed by atoms with Gasteiger partial charge in [0.25, 0.3) is 5.91 Å². The number of fused-ring (bicyclic) bond motifs is 1. The van der Waals surface area contributed by atoms with Gasteiger partial charge >= 0.3 is 0 Å². The SMILES string of the molecule is CC.CN=C/C(=C\N)c1oc2c(C(C)Nc3ccc(F)c(F)c3C(N)=O)cc(C)cc2c(=O)c1C. The van der Waals surface area contributed by atoms with Gasteiger partial charge in [0.2, 0.25) is 0 Å². The number of rotatable bonds is 6. The number of benzene rings is 2. The molecule has 3 rings (SSSR count). The topological polar surface area (TPSA) is 124 Å². The third-order valence-corrected chi connectivity index (χ3v) is 5.28. The molecule has 0 aliphatic heterocycles. The number of carbonyl (C=O) groups is 1. The van der Waals surface area contributed by atoms with E-state index in [4.69, 9.17) is 15.9 Å². The molecule has 0 radical (unpaired) electrons. The molecule has 186 valence electrons. The van der Waals surface area contributed by atoms with Crippen LogP contribution in [0, 0.1) is 25.5 Å². The number of aryl methyl sites for hydroxylation is 1. The van der Waals surface area contributed by atoms with Crippen molar-refractivity contribution in [2.75, 3.05) is 12.4 Å². The Morgan fingerprint density at radius 1 is 1.20 bits per heavy atom. The van der Waals surface area contributed by atoms with Gasteiger partial charge in [-0.2, -0.15) is 0 Å². The first-order valence-electron chi connectivity index (χ1n) is 11.1. The molecule has 3 aromatic rings. The van der Waals surface area contributed by atoms with Crippen molar-refractivity contribution in [3.8, 4) is 0 Å². The molecule has 0 spiro atoms. The van der Waals surface area contributed by atoms with Crippen molar-refractivity contribution in [1.29, 1.82) is 0 Å². The van der Waals surface area contributed by atoms with Crippen molar-refractivity contribution in [2.24, 2.45) is 16.5 Å². The van der Waals surface area contributed by atoms with Crippen molar-refractivity contribution < 1.29 is 18.0 Å². The summed E-state index contributed by atoms with van der Waals surface area (Å²) in [6.45, 7) is 9.18. The Morgan fingerprint density at radius 3 is 2.43 bits per heavy atom. The maximum atomic E-state index is 14.2. The second-order valence-corrected chi connectivity index (χ2v) is 7.64. The molecule has 0 bridgehead atoms. The van der Waals surface area contributed by atoms with Crippen molar-refractivity contribution >= 4 is 34.4 Å². The van der Waals surface area contributed by atoms with Crippen LogP contribution >= 0.6 is 0 Å². The summed E-state index contributed by atoms with van der Waals surface area (Å²) in [6.07, 6.45) is 2.77. The molecule has 1 heterocycles. The molecule has 0 fully saturated rings. The predicted octanol–water partition coefficient (Wildman–Crippen LogP) is 4.99. The summed E-state index contributed by atoms with van der Waals surface area (Å²) >= 11 is 0. The van der Waals surface area contributed by atoms with Crippen LogP contribution in [0.3, 0.4) is 0 Å². The fraction of sp³-hybridized carbons (Fsp3) is 0.269. The number of anilines is 1. The highest BCUT2D eigenvalue weighted by molar-refractivity contribution is 6.09. The average molecular weight is 485 g/mol. The fourth-order valence-electron chi connectivity index (χ4n) is 3.70. The summed E-state index contributed by atoms with van der Waals surface area (Å²) in [4.78, 5) is 28.8. The van der Waals surface area contributed by atoms with E-state index in [1.165, 1.54) is 18.5 Å². The van der Waals surface area contributed by atoms with Gasteiger partial charge < -0.3 is 21.2 Å². The molecule has 0 aliphatic carbocycles. The zero-order valence-corrected chi connectivity index (χ0v) is 20.6. The number of nitrogens with one attached hydrogen (secondary N) is 1. The molecular weight excluding hydrogens is 454 g/mol. The Bertz CT molecular complexity index is 1380. The summed E-state index contributed by atoms with van der Waals surface area (Å²) in [5, 5.41) is 3.33. The number of primary amides is 1. The molecule has 0 saturated heterocycles. The van der Waals surface area contributed by atoms with E-state index >= 15 is 0 Å². The number of nitrogens with two attached hydrogens (primary N) is 2. The van der Waals surface area contributed by atoms with Gasteiger partial charge in [-0.1, -0.05) is 19.9 Å². The first-order chi connectivity index (χ1) is 16.6. The maximum absolute atomic E-state index is 14.2. The number of nitrogens with zero attached hydrogens (tertiary/aromatic N) is 1. The Labute approximate surface area is 202 Å². The fourth-order valence-corrected chi connectivity index (χ4v) is 3.70. The lowest BCUT2D eigenvalue weighted by molar-refractivity contribution is 0.0996. The van der Waals surface area contributed by atoms with Crippen molar-refractivity contribution in [2.45, 2.75) is 40.7 Å². The molecule has 2 aromatic carbocycles. The number of allylic oxidation sites excluding steroid dienone is 1. The third kappa shape index (κ3) is 5.40. The normalized spacial score (nSPS) is 12.4. The minimum atomic E-state index is -1.34. The van der Waals surface area contributed by atoms with Crippen LogP contribution in [0.1, 0.15) is 59.6 Å². The van der Waals surface area contributed by atoms with Crippen LogP contribution < -0.4 is 22.2 Å². The molecule has 35 heavy (non-hydrogen) atoms. The van der Waals surface area contributed by atoms with Gasteiger partial charge in [-0.25, -0.2) is 8.78 Å². The minimum absolute atomic E-state index is 0.0129. The van der Waals surface area contributed by atoms with Gasteiger partial charge in [-0.3, -0.25) is 14.6 Å². The standard InChI is InChI=1S/C24H24F2N4O3.C2H6/c1-11-7-15(13(3)30-18-6-5-17(25)20(26)19(18)24(28)32)23-16(8-11)21(31)12(2)22(33-23)14(9-27)10-29-4;1-2/h5-10,13,30H,27H2,1-4H3,(H2,28,32);1-2H3/b14-9+,29-10?;. The quantitative estimate of drug-likeness (QED) is 0.426. The van der Waals surface area contributed by atoms with Crippen LogP contribution in [0.5, 0.6) is 0 Å². The third-order valence-electron chi connectivity index (χ3n) is 5.28. The number of hydrogen-bond donors (Lipinski definition) is 3. The molecule has 1 atom stereocenters. The van der Waals surface area contributed by atoms with Crippen LogP contribution in [0.25, 0.3) is 16.5 Å². The van der Waals surface area contributed by atoms with E-state index in [-0.39, 0.29) is 16.9 Å². The summed E-state index contributed by atoms with van der Waals surface area (Å²) in [7, 11) is 1.57. The Morgan fingerprint density at radius 2 is 1.86 bits per heavy atom. The van der Waals surface area contributed by atoms with E-state index in [2.05, 4.69) is 10.3 Å². The number of halogens is 2. The summed E-state index contributed by atoms with van der Waals surface area (Å²) in [5.74, 6) is -3.37. The second-order valence-electron chi connectivity index (χ2n) is 7.64. The van der Waals surface area contributed by atoms with E-state index in [9.17, 15) is 18.4 Å². The zero-order chi connectivity index (χ0) is 26.4. The Kier molecular flexibility index (Phi) is 8.88. The van der Waals surface area contributed by atoms with Crippen molar-refractivity contribution in [3.05, 3.63) is 80.3 Å². The molecule has 1 unspecified atom stereocenters. The molecule has 7 nitrogen and oxygen atoms in total. The Balaban J connectivity index is 0.00000210. The lowest BCUT2D eigenvalue weighted by Crippen LogP contribution is -2.19. The lowest BCUT2D eigenvalue weighted by Gasteiger charge is -2.20. The summed E-state index contributed by atoms with van der Waals surface area (Å²) < 4.78 is 34.0. The van der Waals surface area contributed by atoms with Gasteiger partial charge in [-0.05, 0) is 44.5 Å². The molecule has 1 amide bonds. The lowest BCUT2D eigenvalue weighted by atomic mass is 9.98. The van der Waals surface area contributed by atoms with Gasteiger partial charge in [-0.15, -0.1) is 0 Å². The zero-order valence-electron chi connectivity index (χ0n) is 20.6. The largest absolute Gasteiger partial charge is 0.455 e. The number of hydrogen-bond acceptors (Lipinski definition) is 6. The van der Waals surface area contributed by atoms with Crippen LogP contribution in [0.2, 0.25) is 0 Å². The summed E-state index contributed by atoms with van der Waals surface area (Å²) in [6, 6.07) is 5.05. The molecular formula is C26H30F2N4O3. The van der Waals surface area contributed by atoms with Gasteiger partial charge in [0.05, 0.1) is 22.7 Å². The van der Waals surface area contributed by atoms with E-state index in [0.717, 1.165) is 11.6 Å². The van der Waals surface area contributed by atoms with E-state index in [1.807, 2.05) is 20.8 Å². The van der Waals surface area contributed by atoms with Gasteiger partial charge in [0.1, 0.15) is 16.9 Å². The number of carbonyl (C=O) groups excluding carboxylic acids is 1.